The molecule has 1 aliphatic heterocycles. The molecule has 1 unspecified atom stereocenters. The summed E-state index contributed by atoms with van der Waals surface area (Å²) < 4.78 is 22.9. The first kappa shape index (κ1) is 18.4. The highest BCUT2D eigenvalue weighted by Gasteiger charge is 2.29. The SMILES string of the molecule is CCCCN(C)C(=O)c1cncc(C(=O)NC2CCS(=O)(=O)C2)c1. The van der Waals surface area contributed by atoms with Crippen LogP contribution in [0.5, 0.6) is 0 Å². The highest BCUT2D eigenvalue weighted by molar-refractivity contribution is 7.91. The average Bonchev–Trinajstić information content (AvgIpc) is 2.90. The van der Waals surface area contributed by atoms with Gasteiger partial charge in [0.2, 0.25) is 0 Å². The summed E-state index contributed by atoms with van der Waals surface area (Å²) in [4.78, 5) is 30.2. The van der Waals surface area contributed by atoms with Gasteiger partial charge in [0.05, 0.1) is 22.6 Å². The van der Waals surface area contributed by atoms with Crippen molar-refractivity contribution in [2.45, 2.75) is 32.2 Å². The number of aromatic nitrogens is 1. The number of hydrogen-bond acceptors (Lipinski definition) is 5. The lowest BCUT2D eigenvalue weighted by Gasteiger charge is -2.17. The summed E-state index contributed by atoms with van der Waals surface area (Å²) in [5, 5.41) is 2.70. The van der Waals surface area contributed by atoms with Gasteiger partial charge in [-0.15, -0.1) is 0 Å². The van der Waals surface area contributed by atoms with E-state index in [1.165, 1.54) is 18.5 Å². The number of nitrogens with zero attached hydrogens (tertiary/aromatic N) is 2. The van der Waals surface area contributed by atoms with Crippen molar-refractivity contribution in [2.75, 3.05) is 25.1 Å². The third kappa shape index (κ3) is 4.77. The maximum atomic E-state index is 12.3. The molecule has 1 atom stereocenters. The second kappa shape index (κ2) is 7.74. The number of carbonyl (C=O) groups is 2. The van der Waals surface area contributed by atoms with Crippen LogP contribution >= 0.6 is 0 Å². The van der Waals surface area contributed by atoms with Crippen molar-refractivity contribution in [2.24, 2.45) is 0 Å². The van der Waals surface area contributed by atoms with Crippen LogP contribution in [-0.4, -0.2) is 61.3 Å². The normalized spacial score (nSPS) is 19.0. The van der Waals surface area contributed by atoms with Crippen molar-refractivity contribution < 1.29 is 18.0 Å². The maximum Gasteiger partial charge on any atom is 0.255 e. The molecule has 0 bridgehead atoms. The molecule has 2 rings (SSSR count). The Bertz CT molecular complexity index is 718. The number of hydrogen-bond donors (Lipinski definition) is 1. The molecule has 1 fully saturated rings. The lowest BCUT2D eigenvalue weighted by molar-refractivity contribution is 0.0793. The Hall–Kier alpha value is -1.96. The number of nitrogens with one attached hydrogen (secondary N) is 1. The largest absolute Gasteiger partial charge is 0.348 e. The van der Waals surface area contributed by atoms with Crippen molar-refractivity contribution in [1.82, 2.24) is 15.2 Å². The Labute approximate surface area is 142 Å². The summed E-state index contributed by atoms with van der Waals surface area (Å²) in [6, 6.07) is 1.12. The summed E-state index contributed by atoms with van der Waals surface area (Å²) in [6.45, 7) is 2.69. The maximum absolute atomic E-state index is 12.3. The van der Waals surface area contributed by atoms with Gasteiger partial charge in [-0.05, 0) is 18.9 Å². The smallest absolute Gasteiger partial charge is 0.255 e. The van der Waals surface area contributed by atoms with Gasteiger partial charge in [0.15, 0.2) is 9.84 Å². The molecule has 132 valence electrons. The molecule has 2 heterocycles. The fourth-order valence-electron chi connectivity index (χ4n) is 2.58. The zero-order chi connectivity index (χ0) is 17.7. The minimum atomic E-state index is -3.06. The molecule has 8 heteroatoms. The summed E-state index contributed by atoms with van der Waals surface area (Å²) in [5.41, 5.74) is 0.606. The number of pyridine rings is 1. The minimum Gasteiger partial charge on any atom is -0.348 e. The molecule has 1 aromatic heterocycles. The number of unbranched alkanes of at least 4 members (excludes halogenated alkanes) is 1. The van der Waals surface area contributed by atoms with E-state index >= 15 is 0 Å². The van der Waals surface area contributed by atoms with E-state index in [9.17, 15) is 18.0 Å². The fourth-order valence-corrected chi connectivity index (χ4v) is 4.25. The van der Waals surface area contributed by atoms with Gasteiger partial charge in [-0.25, -0.2) is 8.42 Å². The number of sulfone groups is 1. The summed E-state index contributed by atoms with van der Waals surface area (Å²) in [5.74, 6) is -0.536. The second-order valence-electron chi connectivity index (χ2n) is 6.12. The van der Waals surface area contributed by atoms with E-state index in [0.29, 0.717) is 18.5 Å². The summed E-state index contributed by atoms with van der Waals surface area (Å²) in [6.07, 6.45) is 5.12. The highest BCUT2D eigenvalue weighted by Crippen LogP contribution is 2.13. The molecule has 2 amide bonds. The molecule has 1 aromatic rings. The molecular formula is C16H23N3O4S. The third-order valence-corrected chi connectivity index (χ3v) is 5.78. The first-order valence-corrected chi connectivity index (χ1v) is 9.86. The molecule has 24 heavy (non-hydrogen) atoms. The zero-order valence-corrected chi connectivity index (χ0v) is 14.8. The molecule has 1 aliphatic rings. The molecule has 1 N–H and O–H groups in total. The molecule has 0 aliphatic carbocycles. The first-order valence-electron chi connectivity index (χ1n) is 8.04. The van der Waals surface area contributed by atoms with E-state index in [0.717, 1.165) is 12.8 Å². The van der Waals surface area contributed by atoms with Crippen molar-refractivity contribution in [3.8, 4) is 0 Å². The van der Waals surface area contributed by atoms with E-state index in [1.807, 2.05) is 6.92 Å². The lowest BCUT2D eigenvalue weighted by atomic mass is 10.1. The van der Waals surface area contributed by atoms with Gasteiger partial charge in [-0.2, -0.15) is 0 Å². The van der Waals surface area contributed by atoms with Crippen LogP contribution in [0.4, 0.5) is 0 Å². The molecular weight excluding hydrogens is 330 g/mol. The lowest BCUT2D eigenvalue weighted by Crippen LogP contribution is -2.36. The Morgan fingerprint density at radius 3 is 2.67 bits per heavy atom. The predicted molar refractivity (Wildman–Crippen MR) is 90.6 cm³/mol. The van der Waals surface area contributed by atoms with Crippen LogP contribution in [0.1, 0.15) is 46.9 Å². The Morgan fingerprint density at radius 2 is 2.04 bits per heavy atom. The molecule has 0 saturated carbocycles. The molecule has 7 nitrogen and oxygen atoms in total. The quantitative estimate of drug-likeness (QED) is 0.818. The van der Waals surface area contributed by atoms with Gasteiger partial charge in [-0.1, -0.05) is 13.3 Å². The minimum absolute atomic E-state index is 0.0372. The number of carbonyl (C=O) groups excluding carboxylic acids is 2. The van der Waals surface area contributed by atoms with Gasteiger partial charge in [0.25, 0.3) is 11.8 Å². The van der Waals surface area contributed by atoms with E-state index < -0.39 is 15.7 Å². The Kier molecular flexibility index (Phi) is 5.93. The molecule has 1 saturated heterocycles. The Morgan fingerprint density at radius 1 is 1.33 bits per heavy atom. The van der Waals surface area contributed by atoms with Crippen molar-refractivity contribution in [3.63, 3.8) is 0 Å². The van der Waals surface area contributed by atoms with E-state index in [-0.39, 0.29) is 29.0 Å². The van der Waals surface area contributed by atoms with Gasteiger partial charge in [-0.3, -0.25) is 14.6 Å². The van der Waals surface area contributed by atoms with E-state index in [4.69, 9.17) is 0 Å². The molecule has 0 radical (unpaired) electrons. The van der Waals surface area contributed by atoms with Gasteiger partial charge in [0, 0.05) is 32.0 Å². The average molecular weight is 353 g/mol. The van der Waals surface area contributed by atoms with Crippen LogP contribution in [0.25, 0.3) is 0 Å². The van der Waals surface area contributed by atoms with Crippen molar-refractivity contribution in [1.29, 1.82) is 0 Å². The van der Waals surface area contributed by atoms with Gasteiger partial charge >= 0.3 is 0 Å². The number of rotatable bonds is 6. The second-order valence-corrected chi connectivity index (χ2v) is 8.34. The first-order chi connectivity index (χ1) is 11.3. The highest BCUT2D eigenvalue weighted by atomic mass is 32.2. The van der Waals surface area contributed by atoms with E-state index in [1.54, 1.807) is 11.9 Å². The molecule has 0 aromatic carbocycles. The van der Waals surface area contributed by atoms with Gasteiger partial charge < -0.3 is 10.2 Å². The van der Waals surface area contributed by atoms with Crippen LogP contribution in [0.3, 0.4) is 0 Å². The fraction of sp³-hybridized carbons (Fsp3) is 0.562. The van der Waals surface area contributed by atoms with Crippen LogP contribution in [0, 0.1) is 0 Å². The number of amides is 2. The molecule has 0 spiro atoms. The van der Waals surface area contributed by atoms with Crippen molar-refractivity contribution >= 4 is 21.7 Å². The van der Waals surface area contributed by atoms with E-state index in [2.05, 4.69) is 10.3 Å². The van der Waals surface area contributed by atoms with Crippen LogP contribution in [0.15, 0.2) is 18.5 Å². The van der Waals surface area contributed by atoms with Gasteiger partial charge in [0.1, 0.15) is 0 Å². The Balaban J connectivity index is 2.04. The van der Waals surface area contributed by atoms with Crippen LogP contribution < -0.4 is 5.32 Å². The summed E-state index contributed by atoms with van der Waals surface area (Å²) >= 11 is 0. The van der Waals surface area contributed by atoms with Crippen LogP contribution in [0.2, 0.25) is 0 Å². The topological polar surface area (TPSA) is 96.4 Å². The standard InChI is InChI=1S/C16H23N3O4S/c1-3-4-6-19(2)16(21)13-8-12(9-17-10-13)15(20)18-14-5-7-24(22,23)11-14/h8-10,14H,3-7,11H2,1-2H3,(H,18,20). The monoisotopic (exact) mass is 353 g/mol. The zero-order valence-electron chi connectivity index (χ0n) is 14.0. The third-order valence-electron chi connectivity index (χ3n) is 4.01. The van der Waals surface area contributed by atoms with Crippen molar-refractivity contribution in [3.05, 3.63) is 29.6 Å². The summed E-state index contributed by atoms with van der Waals surface area (Å²) in [7, 11) is -1.34. The van der Waals surface area contributed by atoms with Crippen LogP contribution in [-0.2, 0) is 9.84 Å². The predicted octanol–water partition coefficient (Wildman–Crippen LogP) is 0.871.